The fraction of sp³-hybridized carbons (Fsp3) is 0.125. The fourth-order valence-corrected chi connectivity index (χ4v) is 5.08. The van der Waals surface area contributed by atoms with Crippen molar-refractivity contribution in [2.45, 2.75) is 20.4 Å². The van der Waals surface area contributed by atoms with E-state index in [2.05, 4.69) is 5.32 Å². The largest absolute Gasteiger partial charge is 0.360 e. The minimum Gasteiger partial charge on any atom is -0.360 e. The molecule has 1 heterocycles. The van der Waals surface area contributed by atoms with Crippen molar-refractivity contribution in [2.24, 2.45) is 0 Å². The third-order valence-corrected chi connectivity index (χ3v) is 6.77. The number of nitrogens with one attached hydrogen (secondary N) is 1. The van der Waals surface area contributed by atoms with Crippen molar-refractivity contribution in [3.05, 3.63) is 106 Å². The van der Waals surface area contributed by atoms with Gasteiger partial charge in [-0.1, -0.05) is 54.1 Å². The van der Waals surface area contributed by atoms with Crippen LogP contribution in [-0.2, 0) is 16.6 Å². The molecule has 0 aliphatic carbocycles. The van der Waals surface area contributed by atoms with E-state index in [0.717, 1.165) is 22.4 Å². The molecule has 0 saturated carbocycles. The number of rotatable bonds is 4. The van der Waals surface area contributed by atoms with E-state index in [1.807, 2.05) is 62.4 Å². The summed E-state index contributed by atoms with van der Waals surface area (Å²) in [5, 5.41) is 2.98. The van der Waals surface area contributed by atoms with Gasteiger partial charge in [-0.2, -0.15) is 0 Å². The minimum atomic E-state index is -4.04. The predicted octanol–water partition coefficient (Wildman–Crippen LogP) is 4.79. The zero-order valence-electron chi connectivity index (χ0n) is 16.8. The Labute approximate surface area is 176 Å². The first-order valence-corrected chi connectivity index (χ1v) is 11.1. The van der Waals surface area contributed by atoms with E-state index in [9.17, 15) is 13.2 Å². The molecule has 0 spiro atoms. The van der Waals surface area contributed by atoms with E-state index in [-0.39, 0.29) is 11.4 Å². The zero-order chi connectivity index (χ0) is 21.3. The van der Waals surface area contributed by atoms with Crippen molar-refractivity contribution in [2.75, 3.05) is 9.62 Å². The fourth-order valence-electron chi connectivity index (χ4n) is 3.55. The third-order valence-electron chi connectivity index (χ3n) is 5.01. The Morgan fingerprint density at radius 2 is 1.60 bits per heavy atom. The Balaban J connectivity index is 1.79. The first kappa shape index (κ1) is 19.9. The number of fused-ring (bicyclic) bond motifs is 1. The van der Waals surface area contributed by atoms with Crippen LogP contribution in [0, 0.1) is 13.8 Å². The highest BCUT2D eigenvalue weighted by atomic mass is 32.2. The van der Waals surface area contributed by atoms with Crippen molar-refractivity contribution in [3.63, 3.8) is 0 Å². The number of aryl methyl sites for hydroxylation is 2. The Kier molecular flexibility index (Phi) is 5.18. The first-order valence-electron chi connectivity index (χ1n) is 9.61. The van der Waals surface area contributed by atoms with Crippen LogP contribution in [0.15, 0.2) is 83.9 Å². The molecule has 0 bridgehead atoms. The SMILES string of the molecule is Cc1cccc(CN2c3ccccc3C(=O)C(=CNc3cccc(C)c3)S2(=O)=O)c1. The number of ketones is 1. The van der Waals surface area contributed by atoms with Gasteiger partial charge in [0, 0.05) is 17.5 Å². The molecule has 0 amide bonds. The monoisotopic (exact) mass is 418 g/mol. The van der Waals surface area contributed by atoms with Crippen LogP contribution < -0.4 is 9.62 Å². The number of nitrogens with zero attached hydrogens (tertiary/aromatic N) is 1. The van der Waals surface area contributed by atoms with E-state index in [4.69, 9.17) is 0 Å². The van der Waals surface area contributed by atoms with Gasteiger partial charge in [0.25, 0.3) is 10.0 Å². The number of allylic oxidation sites excluding steroid dienone is 1. The lowest BCUT2D eigenvalue weighted by molar-refractivity contribution is 0.104. The number of Topliss-reactive ketones (excluding diaryl/α,β-unsaturated/α-hetero) is 1. The Morgan fingerprint density at radius 3 is 2.33 bits per heavy atom. The van der Waals surface area contributed by atoms with Gasteiger partial charge in [-0.25, -0.2) is 8.42 Å². The number of anilines is 2. The van der Waals surface area contributed by atoms with Gasteiger partial charge in [-0.05, 0) is 49.2 Å². The molecular weight excluding hydrogens is 396 g/mol. The molecular formula is C24H22N2O3S. The summed E-state index contributed by atoms with van der Waals surface area (Å²) < 4.78 is 28.2. The Bertz CT molecular complexity index is 1260. The van der Waals surface area contributed by atoms with Gasteiger partial charge in [0.15, 0.2) is 4.91 Å². The van der Waals surface area contributed by atoms with Crippen LogP contribution in [0.5, 0.6) is 0 Å². The van der Waals surface area contributed by atoms with Gasteiger partial charge in [0.05, 0.1) is 12.2 Å². The lowest BCUT2D eigenvalue weighted by Gasteiger charge is -2.31. The molecule has 0 radical (unpaired) electrons. The van der Waals surface area contributed by atoms with Crippen LogP contribution in [0.2, 0.25) is 0 Å². The van der Waals surface area contributed by atoms with Crippen molar-refractivity contribution < 1.29 is 13.2 Å². The van der Waals surface area contributed by atoms with E-state index in [1.165, 1.54) is 10.5 Å². The molecule has 152 valence electrons. The smallest absolute Gasteiger partial charge is 0.270 e. The van der Waals surface area contributed by atoms with E-state index >= 15 is 0 Å². The lowest BCUT2D eigenvalue weighted by Crippen LogP contribution is -2.39. The van der Waals surface area contributed by atoms with Gasteiger partial charge in [-0.15, -0.1) is 0 Å². The molecule has 4 rings (SSSR count). The second-order valence-corrected chi connectivity index (χ2v) is 9.20. The minimum absolute atomic E-state index is 0.149. The summed E-state index contributed by atoms with van der Waals surface area (Å²) in [7, 11) is -4.04. The maximum atomic E-state index is 13.5. The van der Waals surface area contributed by atoms with Gasteiger partial charge >= 0.3 is 0 Å². The van der Waals surface area contributed by atoms with Crippen LogP contribution in [0.1, 0.15) is 27.0 Å². The molecule has 1 aliphatic heterocycles. The quantitative estimate of drug-likeness (QED) is 0.619. The zero-order valence-corrected chi connectivity index (χ0v) is 17.6. The average molecular weight is 419 g/mol. The number of sulfonamides is 1. The highest BCUT2D eigenvalue weighted by molar-refractivity contribution is 7.97. The average Bonchev–Trinajstić information content (AvgIpc) is 2.71. The Hall–Kier alpha value is -3.38. The number of carbonyl (C=O) groups excluding carboxylic acids is 1. The molecule has 1 N–H and O–H groups in total. The second kappa shape index (κ2) is 7.80. The second-order valence-electron chi connectivity index (χ2n) is 7.37. The van der Waals surface area contributed by atoms with Gasteiger partial charge in [-0.3, -0.25) is 9.10 Å². The molecule has 1 aliphatic rings. The van der Waals surface area contributed by atoms with Crippen molar-refractivity contribution in [3.8, 4) is 0 Å². The molecule has 3 aromatic carbocycles. The van der Waals surface area contributed by atoms with Crippen molar-refractivity contribution in [1.82, 2.24) is 0 Å². The highest BCUT2D eigenvalue weighted by Crippen LogP contribution is 2.36. The van der Waals surface area contributed by atoms with Gasteiger partial charge in [0.2, 0.25) is 5.78 Å². The molecule has 5 nitrogen and oxygen atoms in total. The van der Waals surface area contributed by atoms with Gasteiger partial charge in [0.1, 0.15) is 0 Å². The molecule has 6 heteroatoms. The summed E-state index contributed by atoms with van der Waals surface area (Å²) in [6.07, 6.45) is 1.30. The first-order chi connectivity index (χ1) is 14.4. The lowest BCUT2D eigenvalue weighted by atomic mass is 10.1. The van der Waals surface area contributed by atoms with Crippen molar-refractivity contribution >= 4 is 27.2 Å². The number of carbonyl (C=O) groups is 1. The standard InChI is InChI=1S/C24H22N2O3S/c1-17-7-5-9-19(13-17)16-26-22-12-4-3-11-21(22)24(27)23(30(26,28)29)15-25-20-10-6-8-18(2)14-20/h3-15,25H,16H2,1-2H3. The molecule has 3 aromatic rings. The van der Waals surface area contributed by atoms with E-state index < -0.39 is 15.8 Å². The number of para-hydroxylation sites is 1. The number of benzene rings is 3. The van der Waals surface area contributed by atoms with Crippen molar-refractivity contribution in [1.29, 1.82) is 0 Å². The Morgan fingerprint density at radius 1 is 0.900 bits per heavy atom. The summed E-state index contributed by atoms with van der Waals surface area (Å²) in [6.45, 7) is 4.06. The van der Waals surface area contributed by atoms with Crippen LogP contribution in [-0.4, -0.2) is 14.2 Å². The topological polar surface area (TPSA) is 66.5 Å². The van der Waals surface area contributed by atoms with Crippen LogP contribution in [0.25, 0.3) is 0 Å². The summed E-state index contributed by atoms with van der Waals surface area (Å²) in [6, 6.07) is 22.0. The summed E-state index contributed by atoms with van der Waals surface area (Å²) in [5.74, 6) is -0.508. The molecule has 0 saturated heterocycles. The molecule has 0 fully saturated rings. The van der Waals surface area contributed by atoms with Crippen LogP contribution >= 0.6 is 0 Å². The third kappa shape index (κ3) is 3.74. The number of hydrogen-bond donors (Lipinski definition) is 1. The molecule has 30 heavy (non-hydrogen) atoms. The summed E-state index contributed by atoms with van der Waals surface area (Å²) >= 11 is 0. The number of hydrogen-bond acceptors (Lipinski definition) is 4. The summed E-state index contributed by atoms with van der Waals surface area (Å²) in [5.41, 5.74) is 4.42. The summed E-state index contributed by atoms with van der Waals surface area (Å²) in [4.78, 5) is 12.8. The van der Waals surface area contributed by atoms with Crippen LogP contribution in [0.4, 0.5) is 11.4 Å². The molecule has 0 aromatic heterocycles. The predicted molar refractivity (Wildman–Crippen MR) is 120 cm³/mol. The van der Waals surface area contributed by atoms with E-state index in [1.54, 1.807) is 24.3 Å². The normalized spacial score (nSPS) is 16.4. The maximum Gasteiger partial charge on any atom is 0.270 e. The highest BCUT2D eigenvalue weighted by Gasteiger charge is 2.40. The van der Waals surface area contributed by atoms with E-state index in [0.29, 0.717) is 11.3 Å². The van der Waals surface area contributed by atoms with Crippen LogP contribution in [0.3, 0.4) is 0 Å². The molecule has 0 atom stereocenters. The molecule has 0 unspecified atom stereocenters. The maximum absolute atomic E-state index is 13.5. The van der Waals surface area contributed by atoms with Gasteiger partial charge < -0.3 is 5.32 Å².